The van der Waals surface area contributed by atoms with Crippen LogP contribution in [0, 0.1) is 13.8 Å². The average molecular weight is 513 g/mol. The van der Waals surface area contributed by atoms with Gasteiger partial charge in [-0.25, -0.2) is 13.4 Å². The Hall–Kier alpha value is -2.66. The highest BCUT2D eigenvalue weighted by Crippen LogP contribution is 2.35. The molecule has 1 aliphatic rings. The van der Waals surface area contributed by atoms with E-state index >= 15 is 0 Å². The minimum absolute atomic E-state index is 0.256. The van der Waals surface area contributed by atoms with Crippen molar-refractivity contribution in [2.24, 2.45) is 0 Å². The highest BCUT2D eigenvalue weighted by atomic mass is 32.2. The summed E-state index contributed by atoms with van der Waals surface area (Å²) in [6.07, 6.45) is 4.53. The highest BCUT2D eigenvalue weighted by molar-refractivity contribution is 7.91. The van der Waals surface area contributed by atoms with Crippen LogP contribution in [0.2, 0.25) is 0 Å². The standard InChI is InChI=1S/C24H24N4O3S3/c1-16-12-19-21(13-17(16)2)33-24(26-19)27(15-18-6-3-9-25-14-18)23(29)20-7-4-10-28(20)34(30,31)22-8-5-11-32-22/h3,5-6,8-9,11-14,20H,4,7,10,15H2,1-2H3. The third-order valence-electron chi connectivity index (χ3n) is 6.10. The van der Waals surface area contributed by atoms with E-state index in [1.807, 2.05) is 25.1 Å². The fourth-order valence-electron chi connectivity index (χ4n) is 4.18. The summed E-state index contributed by atoms with van der Waals surface area (Å²) in [6.45, 7) is 4.69. The molecule has 5 rings (SSSR count). The van der Waals surface area contributed by atoms with Crippen molar-refractivity contribution in [2.75, 3.05) is 11.4 Å². The summed E-state index contributed by atoms with van der Waals surface area (Å²) < 4.78 is 29.2. The second-order valence-corrected chi connectivity index (χ2v) is 12.5. The van der Waals surface area contributed by atoms with E-state index in [1.165, 1.54) is 27.0 Å². The maximum atomic E-state index is 14.0. The largest absolute Gasteiger partial charge is 0.282 e. The normalized spacial score (nSPS) is 16.8. The SMILES string of the molecule is Cc1cc2nc(N(Cc3cccnc3)C(=O)C3CCCN3S(=O)(=O)c3cccs3)sc2cc1C. The lowest BCUT2D eigenvalue weighted by molar-refractivity contribution is -0.121. The summed E-state index contributed by atoms with van der Waals surface area (Å²) in [5.41, 5.74) is 3.99. The predicted octanol–water partition coefficient (Wildman–Crippen LogP) is 4.76. The average Bonchev–Trinajstić information content (AvgIpc) is 3.59. The van der Waals surface area contributed by atoms with Gasteiger partial charge in [-0.1, -0.05) is 23.5 Å². The van der Waals surface area contributed by atoms with E-state index in [2.05, 4.69) is 18.0 Å². The van der Waals surface area contributed by atoms with E-state index in [0.29, 0.717) is 24.5 Å². The number of fused-ring (bicyclic) bond motifs is 1. The molecule has 0 radical (unpaired) electrons. The van der Waals surface area contributed by atoms with Crippen LogP contribution in [0.25, 0.3) is 10.2 Å². The van der Waals surface area contributed by atoms with E-state index in [9.17, 15) is 13.2 Å². The van der Waals surface area contributed by atoms with E-state index in [1.54, 1.807) is 34.8 Å². The van der Waals surface area contributed by atoms with Gasteiger partial charge in [0.1, 0.15) is 10.3 Å². The highest BCUT2D eigenvalue weighted by Gasteiger charge is 2.42. The molecule has 1 fully saturated rings. The Balaban J connectivity index is 1.54. The third kappa shape index (κ3) is 4.26. The zero-order valence-corrected chi connectivity index (χ0v) is 21.3. The lowest BCUT2D eigenvalue weighted by Crippen LogP contribution is -2.47. The molecule has 1 atom stereocenters. The molecular weight excluding hydrogens is 488 g/mol. The molecule has 7 nitrogen and oxygen atoms in total. The smallest absolute Gasteiger partial charge is 0.253 e. The van der Waals surface area contributed by atoms with Crippen molar-refractivity contribution in [3.8, 4) is 0 Å². The van der Waals surface area contributed by atoms with Crippen molar-refractivity contribution < 1.29 is 13.2 Å². The maximum Gasteiger partial charge on any atom is 0.253 e. The van der Waals surface area contributed by atoms with Gasteiger partial charge in [0, 0.05) is 18.9 Å². The van der Waals surface area contributed by atoms with Crippen LogP contribution in [-0.4, -0.2) is 41.2 Å². The fourth-order valence-corrected chi connectivity index (χ4v) is 8.00. The molecule has 1 aliphatic heterocycles. The number of hydrogen-bond acceptors (Lipinski definition) is 7. The molecule has 176 valence electrons. The predicted molar refractivity (Wildman–Crippen MR) is 136 cm³/mol. The summed E-state index contributed by atoms with van der Waals surface area (Å²) in [7, 11) is -3.74. The van der Waals surface area contributed by atoms with Crippen LogP contribution >= 0.6 is 22.7 Å². The number of thiazole rings is 1. The second-order valence-electron chi connectivity index (χ2n) is 8.39. The van der Waals surface area contributed by atoms with Gasteiger partial charge in [0.2, 0.25) is 5.91 Å². The van der Waals surface area contributed by atoms with Gasteiger partial charge in [-0.2, -0.15) is 4.31 Å². The second kappa shape index (κ2) is 9.18. The number of benzene rings is 1. The Morgan fingerprint density at radius 3 is 2.76 bits per heavy atom. The Kier molecular flexibility index (Phi) is 6.24. The monoisotopic (exact) mass is 512 g/mol. The molecule has 1 aromatic carbocycles. The van der Waals surface area contributed by atoms with E-state index in [4.69, 9.17) is 4.98 Å². The number of nitrogens with zero attached hydrogens (tertiary/aromatic N) is 4. The first-order valence-corrected chi connectivity index (χ1v) is 14.1. The Morgan fingerprint density at radius 1 is 1.21 bits per heavy atom. The number of anilines is 1. The fraction of sp³-hybridized carbons (Fsp3) is 0.292. The molecule has 4 heterocycles. The summed E-state index contributed by atoms with van der Waals surface area (Å²) >= 11 is 2.62. The molecule has 0 bridgehead atoms. The maximum absolute atomic E-state index is 14.0. The van der Waals surface area contributed by atoms with E-state index in [-0.39, 0.29) is 16.7 Å². The minimum Gasteiger partial charge on any atom is -0.282 e. The van der Waals surface area contributed by atoms with Gasteiger partial charge in [0.15, 0.2) is 5.13 Å². The first kappa shape index (κ1) is 23.1. The Bertz CT molecular complexity index is 1390. The van der Waals surface area contributed by atoms with Crippen LogP contribution < -0.4 is 4.90 Å². The molecule has 10 heteroatoms. The molecule has 0 saturated carbocycles. The first-order chi connectivity index (χ1) is 16.3. The molecule has 3 aromatic heterocycles. The minimum atomic E-state index is -3.74. The van der Waals surface area contributed by atoms with Crippen LogP contribution in [0.1, 0.15) is 29.5 Å². The lowest BCUT2D eigenvalue weighted by Gasteiger charge is -2.28. The number of thiophene rings is 1. The van der Waals surface area contributed by atoms with Gasteiger partial charge in [-0.3, -0.25) is 14.7 Å². The number of amides is 1. The Morgan fingerprint density at radius 2 is 2.03 bits per heavy atom. The van der Waals surface area contributed by atoms with Gasteiger partial charge in [-0.05, 0) is 73.0 Å². The zero-order valence-electron chi connectivity index (χ0n) is 18.8. The topological polar surface area (TPSA) is 83.5 Å². The van der Waals surface area contributed by atoms with Crippen LogP contribution in [0.15, 0.2) is 58.4 Å². The molecule has 34 heavy (non-hydrogen) atoms. The molecule has 1 saturated heterocycles. The summed E-state index contributed by atoms with van der Waals surface area (Å²) in [4.78, 5) is 24.5. The van der Waals surface area contributed by atoms with E-state index < -0.39 is 16.1 Å². The van der Waals surface area contributed by atoms with Crippen LogP contribution in [0.4, 0.5) is 5.13 Å². The summed E-state index contributed by atoms with van der Waals surface area (Å²) in [5, 5.41) is 2.30. The van der Waals surface area contributed by atoms with Gasteiger partial charge in [0.05, 0.1) is 16.8 Å². The van der Waals surface area contributed by atoms with Crippen molar-refractivity contribution in [3.05, 3.63) is 70.9 Å². The zero-order chi connectivity index (χ0) is 23.9. The van der Waals surface area contributed by atoms with Crippen molar-refractivity contribution in [2.45, 2.75) is 43.5 Å². The van der Waals surface area contributed by atoms with Gasteiger partial charge in [0.25, 0.3) is 10.0 Å². The molecule has 1 amide bonds. The summed E-state index contributed by atoms with van der Waals surface area (Å²) in [6, 6.07) is 10.4. The van der Waals surface area contributed by atoms with Crippen molar-refractivity contribution in [3.63, 3.8) is 0 Å². The Labute approximate surface area is 206 Å². The molecular formula is C24H24N4O3S3. The van der Waals surface area contributed by atoms with Gasteiger partial charge in [-0.15, -0.1) is 11.3 Å². The van der Waals surface area contributed by atoms with Crippen molar-refractivity contribution >= 4 is 54.0 Å². The van der Waals surface area contributed by atoms with Gasteiger partial charge < -0.3 is 0 Å². The molecule has 4 aromatic rings. The number of carbonyl (C=O) groups is 1. The number of rotatable bonds is 6. The molecule has 0 aliphatic carbocycles. The number of sulfonamides is 1. The number of hydrogen-bond donors (Lipinski definition) is 0. The molecule has 0 N–H and O–H groups in total. The lowest BCUT2D eigenvalue weighted by atomic mass is 10.1. The first-order valence-electron chi connectivity index (χ1n) is 11.0. The van der Waals surface area contributed by atoms with Crippen LogP contribution in [0.5, 0.6) is 0 Å². The van der Waals surface area contributed by atoms with Crippen LogP contribution in [0.3, 0.4) is 0 Å². The third-order valence-corrected chi connectivity index (χ3v) is 10.4. The number of aryl methyl sites for hydroxylation is 2. The van der Waals surface area contributed by atoms with Crippen molar-refractivity contribution in [1.29, 1.82) is 0 Å². The van der Waals surface area contributed by atoms with Crippen LogP contribution in [-0.2, 0) is 21.4 Å². The quantitative estimate of drug-likeness (QED) is 0.372. The number of pyridine rings is 1. The number of carbonyl (C=O) groups excluding carboxylic acids is 1. The molecule has 0 spiro atoms. The number of aromatic nitrogens is 2. The van der Waals surface area contributed by atoms with E-state index in [0.717, 1.165) is 26.9 Å². The van der Waals surface area contributed by atoms with Crippen molar-refractivity contribution in [1.82, 2.24) is 14.3 Å². The summed E-state index contributed by atoms with van der Waals surface area (Å²) in [5.74, 6) is -0.256. The van der Waals surface area contributed by atoms with Gasteiger partial charge >= 0.3 is 0 Å². The molecule has 1 unspecified atom stereocenters.